The molecule has 0 radical (unpaired) electrons. The van der Waals surface area contributed by atoms with Crippen LogP contribution in [0, 0.1) is 13.8 Å². The first-order valence-electron chi connectivity index (χ1n) is 37.6. The third kappa shape index (κ3) is 9.33. The topological polar surface area (TPSA) is 9.86 Å². The van der Waals surface area contributed by atoms with Crippen LogP contribution in [0.3, 0.4) is 0 Å². The molecular formula is C102H78N2. The number of nitrogens with zero attached hydrogens (tertiary/aromatic N) is 2. The molecule has 3 aliphatic rings. The summed E-state index contributed by atoms with van der Waals surface area (Å²) < 4.78 is 4.89. The molecule has 2 aromatic heterocycles. The Balaban J connectivity index is 0.650. The van der Waals surface area contributed by atoms with E-state index >= 15 is 0 Å². The lowest BCUT2D eigenvalue weighted by atomic mass is 9.70. The van der Waals surface area contributed by atoms with E-state index in [-0.39, 0.29) is 5.41 Å². The van der Waals surface area contributed by atoms with Gasteiger partial charge < -0.3 is 9.13 Å². The lowest BCUT2D eigenvalue weighted by Gasteiger charge is -2.33. The van der Waals surface area contributed by atoms with Crippen molar-refractivity contribution >= 4 is 43.6 Å². The van der Waals surface area contributed by atoms with Gasteiger partial charge in [-0.15, -0.1) is 0 Å². The average Bonchev–Trinajstić information content (AvgIpc) is 1.51. The van der Waals surface area contributed by atoms with Crippen molar-refractivity contribution in [3.05, 3.63) is 372 Å². The predicted octanol–water partition coefficient (Wildman–Crippen LogP) is 27.5. The molecule has 1 spiro atoms. The summed E-state index contributed by atoms with van der Waals surface area (Å²) in [5.74, 6) is 0. The molecule has 2 nitrogen and oxygen atoms in total. The van der Waals surface area contributed by atoms with Gasteiger partial charge in [0.05, 0.1) is 27.5 Å². The van der Waals surface area contributed by atoms with Crippen LogP contribution >= 0.6 is 0 Å². The highest BCUT2D eigenvalue weighted by molar-refractivity contribution is 6.12. The van der Waals surface area contributed by atoms with E-state index in [9.17, 15) is 0 Å². The van der Waals surface area contributed by atoms with Gasteiger partial charge in [-0.3, -0.25) is 0 Å². The zero-order chi connectivity index (χ0) is 69.4. The van der Waals surface area contributed by atoms with Crippen molar-refractivity contribution in [3.63, 3.8) is 0 Å². The predicted molar refractivity (Wildman–Crippen MR) is 439 cm³/mol. The van der Waals surface area contributed by atoms with E-state index in [4.69, 9.17) is 0 Å². The summed E-state index contributed by atoms with van der Waals surface area (Å²) in [5, 5.41) is 5.04. The first-order valence-corrected chi connectivity index (χ1v) is 37.6. The van der Waals surface area contributed by atoms with Crippen molar-refractivity contribution < 1.29 is 0 Å². The molecule has 17 aromatic rings. The van der Waals surface area contributed by atoms with Crippen molar-refractivity contribution in [1.82, 2.24) is 9.13 Å². The number of fused-ring (bicyclic) bond motifs is 19. The number of benzene rings is 15. The molecule has 0 atom stereocenters. The van der Waals surface area contributed by atoms with E-state index in [2.05, 4.69) is 364 Å². The molecule has 0 N–H and O–H groups in total. The van der Waals surface area contributed by atoms with Crippen molar-refractivity contribution in [1.29, 1.82) is 0 Å². The van der Waals surface area contributed by atoms with Crippen LogP contribution in [0.2, 0.25) is 0 Å². The zero-order valence-electron chi connectivity index (χ0n) is 59.3. The summed E-state index contributed by atoms with van der Waals surface area (Å²) >= 11 is 0. The highest BCUT2D eigenvalue weighted by atomic mass is 15.0. The molecule has 15 aromatic carbocycles. The molecule has 20 rings (SSSR count). The van der Waals surface area contributed by atoms with E-state index in [1.165, 1.54) is 207 Å². The Hall–Kier alpha value is -12.1. The van der Waals surface area contributed by atoms with Crippen molar-refractivity contribution in [2.24, 2.45) is 0 Å². The van der Waals surface area contributed by atoms with Crippen LogP contribution in [0.5, 0.6) is 0 Å². The fraction of sp³-hybridized carbons (Fsp3) is 0.118. The molecule has 2 heterocycles. The molecule has 3 aliphatic carbocycles. The minimum atomic E-state index is -0.444. The molecule has 0 saturated carbocycles. The maximum Gasteiger partial charge on any atom is 0.0725 e. The Morgan fingerprint density at radius 3 is 1.24 bits per heavy atom. The second-order valence-electron chi connectivity index (χ2n) is 29.7. The van der Waals surface area contributed by atoms with Gasteiger partial charge in [0.2, 0.25) is 0 Å². The first kappa shape index (κ1) is 61.7. The number of aryl methyl sites for hydroxylation is 2. The van der Waals surface area contributed by atoms with Crippen LogP contribution in [0.15, 0.2) is 328 Å². The third-order valence-electron chi connectivity index (χ3n) is 23.9. The molecule has 0 aliphatic heterocycles. The zero-order valence-corrected chi connectivity index (χ0v) is 59.3. The van der Waals surface area contributed by atoms with E-state index in [1.807, 2.05) is 0 Å². The van der Waals surface area contributed by atoms with Gasteiger partial charge in [0.25, 0.3) is 0 Å². The van der Waals surface area contributed by atoms with Gasteiger partial charge in [-0.1, -0.05) is 299 Å². The number of rotatable bonds is 14. The highest BCUT2D eigenvalue weighted by Gasteiger charge is 2.52. The minimum Gasteiger partial charge on any atom is -0.309 e. The van der Waals surface area contributed by atoms with Gasteiger partial charge in [0.15, 0.2) is 0 Å². The Morgan fingerprint density at radius 2 is 0.654 bits per heavy atom. The van der Waals surface area contributed by atoms with Gasteiger partial charge >= 0.3 is 0 Å². The summed E-state index contributed by atoms with van der Waals surface area (Å²) in [6.45, 7) is 9.15. The lowest BCUT2D eigenvalue weighted by molar-refractivity contribution is 0.414. The summed E-state index contributed by atoms with van der Waals surface area (Å²) in [6, 6.07) is 125. The minimum absolute atomic E-state index is 0.0822. The van der Waals surface area contributed by atoms with E-state index in [1.54, 1.807) is 0 Å². The van der Waals surface area contributed by atoms with Gasteiger partial charge in [-0.25, -0.2) is 0 Å². The Bertz CT molecular complexity index is 6240. The number of hydrogen-bond acceptors (Lipinski definition) is 0. The van der Waals surface area contributed by atoms with Crippen LogP contribution in [-0.4, -0.2) is 9.13 Å². The summed E-state index contributed by atoms with van der Waals surface area (Å²) in [7, 11) is 0. The summed E-state index contributed by atoms with van der Waals surface area (Å²) in [6.07, 6.45) is 6.93. The number of hydrogen-bond donors (Lipinski definition) is 0. The van der Waals surface area contributed by atoms with Crippen molar-refractivity contribution in [3.8, 4) is 112 Å². The van der Waals surface area contributed by atoms with Crippen LogP contribution in [0.4, 0.5) is 0 Å². The Morgan fingerprint density at radius 1 is 0.240 bits per heavy atom. The smallest absolute Gasteiger partial charge is 0.0725 e. The third-order valence-corrected chi connectivity index (χ3v) is 23.9. The van der Waals surface area contributed by atoms with Crippen LogP contribution in [0.1, 0.15) is 96.9 Å². The molecule has 0 amide bonds. The molecular weight excluding hydrogens is 1250 g/mol. The van der Waals surface area contributed by atoms with E-state index in [0.717, 1.165) is 31.4 Å². The second kappa shape index (κ2) is 24.3. The van der Waals surface area contributed by atoms with Crippen molar-refractivity contribution in [2.45, 2.75) is 77.0 Å². The normalized spacial score (nSPS) is 13.4. The van der Waals surface area contributed by atoms with Crippen LogP contribution in [0.25, 0.3) is 155 Å². The summed E-state index contributed by atoms with van der Waals surface area (Å²) in [5.41, 5.74) is 40.3. The number of aromatic nitrogens is 2. The monoisotopic (exact) mass is 1330 g/mol. The SMILES string of the molecule is CCCCC1(CCCC)c2cc(-c3ccc(-n4c5ccccc5c5ccccc54)cc3)ccc2-c2ccc(-c3ccc(-n4c5ccccc5c5cc(-c6cccc(-c7cc(-c8cccc(C)c8)ccc7-c7cccc8c7-c7ccc(C)cc7C87c8ccccc8-c8ccccc87)c6)ccc54)cc3)cc21. The van der Waals surface area contributed by atoms with E-state index < -0.39 is 5.41 Å². The fourth-order valence-corrected chi connectivity index (χ4v) is 19.1. The number of para-hydroxylation sites is 3. The first-order chi connectivity index (χ1) is 51.3. The van der Waals surface area contributed by atoms with Gasteiger partial charge in [-0.2, -0.15) is 0 Å². The Labute approximate surface area is 609 Å². The largest absolute Gasteiger partial charge is 0.309 e. The Kier molecular flexibility index (Phi) is 14.4. The standard InChI is InChI=1S/C102H78N2/c1-5-7-56-101(57-8-6-2)93-63-73(67-39-47-76(48-40-67)103-96-35-16-11-28-83(96)84-29-12-17-36-97(84)103)44-53-81(93)82-54-45-74(64-94(82)101)68-41-49-77(50-42-68)104-98-37-18-13-30-85(98)89-62-72(46-55-99(89)104)70-24-20-25-75(60-70)88-61-71(69-23-19-22-65(3)58-69)43-52-78(88)86-31-21-34-92-100(86)87-51-38-66(4)59-95(87)102(92)90-32-14-9-26-79(90)80-27-10-15-33-91(80)102/h9-55,58-64H,5-8,56-57H2,1-4H3. The van der Waals surface area contributed by atoms with Crippen molar-refractivity contribution in [2.75, 3.05) is 0 Å². The maximum atomic E-state index is 2.57. The average molecular weight is 1330 g/mol. The molecule has 0 fully saturated rings. The van der Waals surface area contributed by atoms with Gasteiger partial charge in [0, 0.05) is 38.3 Å². The maximum absolute atomic E-state index is 2.57. The lowest BCUT2D eigenvalue weighted by Crippen LogP contribution is -2.25. The van der Waals surface area contributed by atoms with E-state index in [0.29, 0.717) is 0 Å². The van der Waals surface area contributed by atoms with Gasteiger partial charge in [0.1, 0.15) is 0 Å². The molecule has 0 saturated heterocycles. The highest BCUT2D eigenvalue weighted by Crippen LogP contribution is 2.65. The summed E-state index contributed by atoms with van der Waals surface area (Å²) in [4.78, 5) is 0. The van der Waals surface area contributed by atoms with Crippen LogP contribution in [-0.2, 0) is 10.8 Å². The molecule has 0 unspecified atom stereocenters. The molecule has 104 heavy (non-hydrogen) atoms. The second-order valence-corrected chi connectivity index (χ2v) is 29.7. The molecule has 2 heteroatoms. The molecule has 496 valence electrons. The number of unbranched alkanes of at least 4 members (excludes halogenated alkanes) is 2. The quantitative estimate of drug-likeness (QED) is 0.103. The van der Waals surface area contributed by atoms with Gasteiger partial charge in [-0.05, 0) is 239 Å². The molecule has 0 bridgehead atoms. The fourth-order valence-electron chi connectivity index (χ4n) is 19.1. The van der Waals surface area contributed by atoms with Crippen LogP contribution < -0.4 is 0 Å².